The van der Waals surface area contributed by atoms with Gasteiger partial charge in [0.15, 0.2) is 0 Å². The van der Waals surface area contributed by atoms with Crippen molar-refractivity contribution in [1.82, 2.24) is 4.72 Å². The quantitative estimate of drug-likeness (QED) is 0.399. The normalized spacial score (nSPS) is 11.8. The van der Waals surface area contributed by atoms with Crippen molar-refractivity contribution in [2.75, 3.05) is 11.9 Å². The molecule has 8 heteroatoms. The monoisotopic (exact) mass is 506 g/mol. The van der Waals surface area contributed by atoms with Crippen molar-refractivity contribution in [2.45, 2.75) is 4.90 Å². The highest BCUT2D eigenvalue weighted by molar-refractivity contribution is 14.1. The van der Waals surface area contributed by atoms with Gasteiger partial charge >= 0.3 is 0 Å². The van der Waals surface area contributed by atoms with Crippen molar-refractivity contribution in [2.24, 2.45) is 0 Å². The number of furan rings is 1. The van der Waals surface area contributed by atoms with Gasteiger partial charge in [0.05, 0.1) is 11.4 Å². The first-order chi connectivity index (χ1) is 13.4. The molecule has 0 unspecified atom stereocenters. The Bertz CT molecular complexity index is 1280. The fraction of sp³-hybridized carbons (Fsp3) is 0.0500. The van der Waals surface area contributed by atoms with Crippen LogP contribution >= 0.6 is 22.6 Å². The number of halogens is 1. The first kappa shape index (κ1) is 18.9. The Morgan fingerprint density at radius 1 is 0.929 bits per heavy atom. The van der Waals surface area contributed by atoms with Gasteiger partial charge in [0, 0.05) is 26.1 Å². The second kappa shape index (κ2) is 7.53. The molecule has 0 bridgehead atoms. The van der Waals surface area contributed by atoms with Crippen LogP contribution in [-0.2, 0) is 14.8 Å². The topological polar surface area (TPSA) is 88.4 Å². The third-order valence-electron chi connectivity index (χ3n) is 4.21. The second-order valence-electron chi connectivity index (χ2n) is 6.14. The third-order valence-corrected chi connectivity index (χ3v) is 6.35. The van der Waals surface area contributed by atoms with Crippen LogP contribution in [0.2, 0.25) is 0 Å². The summed E-state index contributed by atoms with van der Waals surface area (Å²) < 4.78 is 33.6. The predicted octanol–water partition coefficient (Wildman–Crippen LogP) is 4.11. The molecule has 0 aliphatic heterocycles. The highest BCUT2D eigenvalue weighted by atomic mass is 127. The van der Waals surface area contributed by atoms with E-state index >= 15 is 0 Å². The van der Waals surface area contributed by atoms with Crippen LogP contribution in [0.15, 0.2) is 76.0 Å². The van der Waals surface area contributed by atoms with Gasteiger partial charge in [-0.2, -0.15) is 0 Å². The van der Waals surface area contributed by atoms with Gasteiger partial charge in [-0.15, -0.1) is 0 Å². The van der Waals surface area contributed by atoms with Crippen LogP contribution in [0.4, 0.5) is 5.69 Å². The van der Waals surface area contributed by atoms with Crippen molar-refractivity contribution in [3.63, 3.8) is 0 Å². The number of carbonyl (C=O) groups excluding carboxylic acids is 1. The molecule has 4 rings (SSSR count). The minimum atomic E-state index is -3.75. The Morgan fingerprint density at radius 3 is 2.43 bits per heavy atom. The lowest BCUT2D eigenvalue weighted by molar-refractivity contribution is -0.115. The zero-order chi connectivity index (χ0) is 19.7. The Morgan fingerprint density at radius 2 is 1.64 bits per heavy atom. The maximum atomic E-state index is 12.3. The summed E-state index contributed by atoms with van der Waals surface area (Å²) >= 11 is 2.09. The Kier molecular flexibility index (Phi) is 5.09. The van der Waals surface area contributed by atoms with Crippen molar-refractivity contribution < 1.29 is 17.6 Å². The summed E-state index contributed by atoms with van der Waals surface area (Å²) in [6.07, 6.45) is 0. The van der Waals surface area contributed by atoms with Gasteiger partial charge in [0.2, 0.25) is 15.9 Å². The fourth-order valence-electron chi connectivity index (χ4n) is 2.87. The van der Waals surface area contributed by atoms with Crippen LogP contribution in [-0.4, -0.2) is 20.9 Å². The predicted molar refractivity (Wildman–Crippen MR) is 117 cm³/mol. The van der Waals surface area contributed by atoms with Crippen molar-refractivity contribution >= 4 is 66.1 Å². The molecule has 4 aromatic rings. The van der Waals surface area contributed by atoms with Gasteiger partial charge in [0.25, 0.3) is 0 Å². The highest BCUT2D eigenvalue weighted by Gasteiger charge is 2.16. The smallest absolute Gasteiger partial charge is 0.241 e. The molecule has 6 nitrogen and oxygen atoms in total. The second-order valence-corrected chi connectivity index (χ2v) is 9.15. The summed E-state index contributed by atoms with van der Waals surface area (Å²) in [5.41, 5.74) is 1.95. The van der Waals surface area contributed by atoms with Crippen LogP contribution in [0.25, 0.3) is 21.9 Å². The SMILES string of the molecule is O=C(CNS(=O)(=O)c1ccc(I)cc1)Nc1ccc2c(c1)oc1ccccc12. The van der Waals surface area contributed by atoms with Gasteiger partial charge < -0.3 is 9.73 Å². The summed E-state index contributed by atoms with van der Waals surface area (Å²) in [4.78, 5) is 12.3. The minimum absolute atomic E-state index is 0.115. The molecule has 1 heterocycles. The van der Waals surface area contributed by atoms with Crippen LogP contribution in [0.1, 0.15) is 0 Å². The van der Waals surface area contributed by atoms with E-state index in [1.54, 1.807) is 24.3 Å². The van der Waals surface area contributed by atoms with Gasteiger partial charge in [-0.3, -0.25) is 4.79 Å². The number of sulfonamides is 1. The number of hydrogen-bond donors (Lipinski definition) is 2. The number of fused-ring (bicyclic) bond motifs is 3. The summed E-state index contributed by atoms with van der Waals surface area (Å²) in [6, 6.07) is 19.4. The Balaban J connectivity index is 1.46. The standard InChI is InChI=1S/C20H15IN2O4S/c21-13-5-8-15(9-6-13)28(25,26)22-12-20(24)23-14-7-10-17-16-3-1-2-4-18(16)27-19(17)11-14/h1-11,22H,12H2,(H,23,24). The molecule has 1 amide bonds. The number of carbonyl (C=O) groups is 1. The molecule has 0 saturated heterocycles. The van der Waals surface area contributed by atoms with E-state index in [4.69, 9.17) is 4.42 Å². The number of amides is 1. The Labute approximate surface area is 175 Å². The number of anilines is 1. The molecule has 0 atom stereocenters. The van der Waals surface area contributed by atoms with Gasteiger partial charge in [-0.05, 0) is 65.1 Å². The average molecular weight is 506 g/mol. The molecule has 0 aliphatic carbocycles. The van der Waals surface area contributed by atoms with Crippen LogP contribution in [0.3, 0.4) is 0 Å². The third kappa shape index (κ3) is 3.89. The first-order valence-electron chi connectivity index (χ1n) is 8.39. The number of benzene rings is 3. The molecule has 1 aromatic heterocycles. The van der Waals surface area contributed by atoms with Crippen molar-refractivity contribution in [3.8, 4) is 0 Å². The molecular formula is C20H15IN2O4S. The summed E-state index contributed by atoms with van der Waals surface area (Å²) in [5, 5.41) is 4.64. The maximum absolute atomic E-state index is 12.3. The molecule has 0 saturated carbocycles. The molecular weight excluding hydrogens is 491 g/mol. The van der Waals surface area contributed by atoms with Crippen molar-refractivity contribution in [3.05, 3.63) is 70.3 Å². The maximum Gasteiger partial charge on any atom is 0.241 e. The fourth-order valence-corrected chi connectivity index (χ4v) is 4.21. The number of nitrogens with one attached hydrogen (secondary N) is 2. The number of hydrogen-bond acceptors (Lipinski definition) is 4. The lowest BCUT2D eigenvalue weighted by Gasteiger charge is -2.08. The zero-order valence-electron chi connectivity index (χ0n) is 14.5. The lowest BCUT2D eigenvalue weighted by atomic mass is 10.1. The van der Waals surface area contributed by atoms with Gasteiger partial charge in [-0.25, -0.2) is 13.1 Å². The van der Waals surface area contributed by atoms with E-state index in [9.17, 15) is 13.2 Å². The van der Waals surface area contributed by atoms with Gasteiger partial charge in [0.1, 0.15) is 11.2 Å². The molecule has 142 valence electrons. The molecule has 0 aliphatic rings. The lowest BCUT2D eigenvalue weighted by Crippen LogP contribution is -2.32. The zero-order valence-corrected chi connectivity index (χ0v) is 17.5. The van der Waals surface area contributed by atoms with Gasteiger partial charge in [-0.1, -0.05) is 18.2 Å². The van der Waals surface area contributed by atoms with E-state index in [1.807, 2.05) is 30.3 Å². The van der Waals surface area contributed by atoms with Crippen LogP contribution < -0.4 is 10.0 Å². The molecule has 0 radical (unpaired) electrons. The summed E-state index contributed by atoms with van der Waals surface area (Å²) in [7, 11) is -3.75. The molecule has 28 heavy (non-hydrogen) atoms. The van der Waals surface area contributed by atoms with E-state index in [0.717, 1.165) is 19.9 Å². The highest BCUT2D eigenvalue weighted by Crippen LogP contribution is 2.30. The molecule has 2 N–H and O–H groups in total. The average Bonchev–Trinajstić information content (AvgIpc) is 3.04. The molecule has 3 aromatic carbocycles. The summed E-state index contributed by atoms with van der Waals surface area (Å²) in [5.74, 6) is -0.468. The van der Waals surface area contributed by atoms with E-state index in [0.29, 0.717) is 11.3 Å². The van der Waals surface area contributed by atoms with E-state index in [1.165, 1.54) is 12.1 Å². The number of para-hydroxylation sites is 1. The minimum Gasteiger partial charge on any atom is -0.456 e. The molecule has 0 fully saturated rings. The van der Waals surface area contributed by atoms with Crippen LogP contribution in [0, 0.1) is 3.57 Å². The summed E-state index contributed by atoms with van der Waals surface area (Å²) in [6.45, 7) is -0.369. The largest absolute Gasteiger partial charge is 0.456 e. The van der Waals surface area contributed by atoms with E-state index in [-0.39, 0.29) is 11.4 Å². The number of rotatable bonds is 5. The van der Waals surface area contributed by atoms with E-state index in [2.05, 4.69) is 32.6 Å². The van der Waals surface area contributed by atoms with Crippen LogP contribution in [0.5, 0.6) is 0 Å². The van der Waals surface area contributed by atoms with Crippen molar-refractivity contribution in [1.29, 1.82) is 0 Å². The van der Waals surface area contributed by atoms with E-state index < -0.39 is 15.9 Å². The Hall–Kier alpha value is -2.43. The first-order valence-corrected chi connectivity index (χ1v) is 10.9. The molecule has 0 spiro atoms.